The average molecular weight is 293 g/mol. The van der Waals surface area contributed by atoms with E-state index < -0.39 is 12.0 Å². The van der Waals surface area contributed by atoms with E-state index in [1.54, 1.807) is 23.9 Å². The van der Waals surface area contributed by atoms with E-state index in [-0.39, 0.29) is 5.91 Å². The van der Waals surface area contributed by atoms with Gasteiger partial charge < -0.3 is 10.0 Å². The molecule has 0 spiro atoms. The lowest BCUT2D eigenvalue weighted by molar-refractivity contribution is -0.143. The molecule has 0 aromatic heterocycles. The lowest BCUT2D eigenvalue weighted by Gasteiger charge is -2.33. The van der Waals surface area contributed by atoms with Crippen molar-refractivity contribution in [3.8, 4) is 0 Å². The van der Waals surface area contributed by atoms with Gasteiger partial charge in [0.15, 0.2) is 0 Å². The smallest absolute Gasteiger partial charge is 0.326 e. The molecule has 0 saturated carbocycles. The summed E-state index contributed by atoms with van der Waals surface area (Å²) >= 11 is 1.73. The van der Waals surface area contributed by atoms with Crippen molar-refractivity contribution in [2.45, 2.75) is 31.1 Å². The van der Waals surface area contributed by atoms with E-state index in [0.29, 0.717) is 18.5 Å². The molecule has 5 heteroatoms. The zero-order chi connectivity index (χ0) is 14.5. The Balaban J connectivity index is 2.14. The first kappa shape index (κ1) is 14.9. The number of hydrogen-bond donors (Lipinski definition) is 1. The first-order valence-corrected chi connectivity index (χ1v) is 8.14. The number of piperidine rings is 1. The number of likely N-dealkylation sites (tertiary alicyclic amines) is 1. The van der Waals surface area contributed by atoms with Crippen molar-refractivity contribution in [3.63, 3.8) is 0 Å². The van der Waals surface area contributed by atoms with E-state index in [9.17, 15) is 14.7 Å². The van der Waals surface area contributed by atoms with Crippen LogP contribution in [0.2, 0.25) is 0 Å². The van der Waals surface area contributed by atoms with Gasteiger partial charge in [-0.1, -0.05) is 12.1 Å². The Labute approximate surface area is 123 Å². The molecule has 1 fully saturated rings. The van der Waals surface area contributed by atoms with Gasteiger partial charge in [-0.25, -0.2) is 4.79 Å². The molecular weight excluding hydrogens is 274 g/mol. The molecule has 108 valence electrons. The second kappa shape index (κ2) is 6.79. The maximum atomic E-state index is 12.4. The highest BCUT2D eigenvalue weighted by Gasteiger charge is 2.32. The average Bonchev–Trinajstić information content (AvgIpc) is 2.47. The normalized spacial score (nSPS) is 18.9. The first-order valence-electron chi connectivity index (χ1n) is 6.75. The molecule has 1 aromatic carbocycles. The number of hydrogen-bond acceptors (Lipinski definition) is 3. The highest BCUT2D eigenvalue weighted by atomic mass is 32.2. The Morgan fingerprint density at radius 3 is 2.60 bits per heavy atom. The van der Waals surface area contributed by atoms with Gasteiger partial charge in [-0.3, -0.25) is 4.79 Å². The van der Waals surface area contributed by atoms with Crippen molar-refractivity contribution in [2.24, 2.45) is 0 Å². The third-order valence-electron chi connectivity index (χ3n) is 3.56. The van der Waals surface area contributed by atoms with Crippen molar-refractivity contribution in [2.75, 3.05) is 12.8 Å². The molecule has 1 N–H and O–H groups in total. The number of rotatable bonds is 4. The summed E-state index contributed by atoms with van der Waals surface area (Å²) in [5, 5.41) is 9.22. The van der Waals surface area contributed by atoms with Crippen molar-refractivity contribution in [1.82, 2.24) is 4.90 Å². The summed E-state index contributed by atoms with van der Waals surface area (Å²) in [4.78, 5) is 25.2. The Bertz CT molecular complexity index is 486. The fourth-order valence-electron chi connectivity index (χ4n) is 2.51. The van der Waals surface area contributed by atoms with E-state index in [2.05, 4.69) is 0 Å². The van der Waals surface area contributed by atoms with Crippen LogP contribution in [0.15, 0.2) is 24.3 Å². The molecule has 2 rings (SSSR count). The zero-order valence-corrected chi connectivity index (χ0v) is 12.4. The molecule has 1 aliphatic heterocycles. The third kappa shape index (κ3) is 3.33. The minimum Gasteiger partial charge on any atom is -0.480 e. The van der Waals surface area contributed by atoms with Gasteiger partial charge in [0.25, 0.3) is 5.91 Å². The van der Waals surface area contributed by atoms with E-state index in [4.69, 9.17) is 0 Å². The minimum absolute atomic E-state index is 0.173. The molecule has 0 unspecified atom stereocenters. The molecule has 0 bridgehead atoms. The van der Waals surface area contributed by atoms with Crippen LogP contribution in [0.1, 0.15) is 35.2 Å². The van der Waals surface area contributed by atoms with Crippen LogP contribution >= 0.6 is 11.8 Å². The fraction of sp³-hybridized carbons (Fsp3) is 0.467. The third-order valence-corrected chi connectivity index (χ3v) is 4.18. The summed E-state index contributed by atoms with van der Waals surface area (Å²) < 4.78 is 0. The van der Waals surface area contributed by atoms with Crippen molar-refractivity contribution < 1.29 is 14.7 Å². The van der Waals surface area contributed by atoms with Crippen molar-refractivity contribution in [1.29, 1.82) is 0 Å². The minimum atomic E-state index is -0.906. The van der Waals surface area contributed by atoms with Gasteiger partial charge in [-0.2, -0.15) is 11.8 Å². The summed E-state index contributed by atoms with van der Waals surface area (Å²) in [6.07, 6.45) is 4.32. The molecule has 0 aliphatic carbocycles. The molecular formula is C15H19NO3S. The quantitative estimate of drug-likeness (QED) is 0.927. The topological polar surface area (TPSA) is 57.6 Å². The SMILES string of the molecule is CSCc1ccc(C(=O)N2CCCC[C@H]2C(=O)O)cc1. The number of carboxylic acid groups (broad SMARTS) is 1. The van der Waals surface area contributed by atoms with Gasteiger partial charge in [-0.05, 0) is 43.2 Å². The Kier molecular flexibility index (Phi) is 5.06. The van der Waals surface area contributed by atoms with Gasteiger partial charge in [0, 0.05) is 17.9 Å². The Morgan fingerprint density at radius 2 is 2.00 bits per heavy atom. The summed E-state index contributed by atoms with van der Waals surface area (Å²) in [5.74, 6) is -0.166. The highest BCUT2D eigenvalue weighted by molar-refractivity contribution is 7.97. The molecule has 1 amide bonds. The van der Waals surface area contributed by atoms with Gasteiger partial charge >= 0.3 is 5.97 Å². The Hall–Kier alpha value is -1.49. The van der Waals surface area contributed by atoms with Crippen LogP contribution in [0, 0.1) is 0 Å². The summed E-state index contributed by atoms with van der Waals surface area (Å²) in [6.45, 7) is 0.530. The number of aliphatic carboxylic acids is 1. The summed E-state index contributed by atoms with van der Waals surface area (Å²) in [7, 11) is 0. The Morgan fingerprint density at radius 1 is 1.30 bits per heavy atom. The number of benzene rings is 1. The van der Waals surface area contributed by atoms with Crippen LogP contribution < -0.4 is 0 Å². The van der Waals surface area contributed by atoms with Crippen LogP contribution in [0.25, 0.3) is 0 Å². The van der Waals surface area contributed by atoms with E-state index in [1.165, 1.54) is 10.5 Å². The van der Waals surface area contributed by atoms with Gasteiger partial charge in [0.1, 0.15) is 6.04 Å². The largest absolute Gasteiger partial charge is 0.480 e. The predicted molar refractivity (Wildman–Crippen MR) is 80.0 cm³/mol. The molecule has 0 radical (unpaired) electrons. The van der Waals surface area contributed by atoms with Crippen LogP contribution in [0.5, 0.6) is 0 Å². The highest BCUT2D eigenvalue weighted by Crippen LogP contribution is 2.20. The van der Waals surface area contributed by atoms with E-state index in [1.807, 2.05) is 18.4 Å². The standard InChI is InChI=1S/C15H19NO3S/c1-20-10-11-5-7-12(8-6-11)14(17)16-9-3-2-4-13(16)15(18)19/h5-8,13H,2-4,9-10H2,1H3,(H,18,19)/t13-/m0/s1. The first-order chi connectivity index (χ1) is 9.63. The number of carbonyl (C=O) groups is 2. The molecule has 1 saturated heterocycles. The number of amides is 1. The fourth-order valence-corrected chi connectivity index (χ4v) is 3.03. The van der Waals surface area contributed by atoms with Gasteiger partial charge in [-0.15, -0.1) is 0 Å². The molecule has 1 atom stereocenters. The van der Waals surface area contributed by atoms with E-state index >= 15 is 0 Å². The molecule has 1 aliphatic rings. The molecule has 1 heterocycles. The van der Waals surface area contributed by atoms with Crippen molar-refractivity contribution >= 4 is 23.6 Å². The second-order valence-corrected chi connectivity index (χ2v) is 5.84. The second-order valence-electron chi connectivity index (χ2n) is 4.98. The number of carbonyl (C=O) groups excluding carboxylic acids is 1. The van der Waals surface area contributed by atoms with Gasteiger partial charge in [0.05, 0.1) is 0 Å². The maximum Gasteiger partial charge on any atom is 0.326 e. The summed E-state index contributed by atoms with van der Waals surface area (Å²) in [5.41, 5.74) is 1.74. The molecule has 4 nitrogen and oxygen atoms in total. The van der Waals surface area contributed by atoms with Crippen molar-refractivity contribution in [3.05, 3.63) is 35.4 Å². The monoisotopic (exact) mass is 293 g/mol. The lowest BCUT2D eigenvalue weighted by atomic mass is 10.0. The van der Waals surface area contributed by atoms with Crippen LogP contribution in [0.4, 0.5) is 0 Å². The number of thioether (sulfide) groups is 1. The number of nitrogens with zero attached hydrogens (tertiary/aromatic N) is 1. The lowest BCUT2D eigenvalue weighted by Crippen LogP contribution is -2.47. The van der Waals surface area contributed by atoms with Crippen LogP contribution in [-0.2, 0) is 10.5 Å². The zero-order valence-electron chi connectivity index (χ0n) is 11.5. The van der Waals surface area contributed by atoms with Gasteiger partial charge in [0.2, 0.25) is 0 Å². The van der Waals surface area contributed by atoms with E-state index in [0.717, 1.165) is 18.6 Å². The molecule has 20 heavy (non-hydrogen) atoms. The number of carboxylic acids is 1. The van der Waals surface area contributed by atoms with Crippen LogP contribution in [0.3, 0.4) is 0 Å². The summed E-state index contributed by atoms with van der Waals surface area (Å²) in [6, 6.07) is 6.78. The van der Waals surface area contributed by atoms with Crippen LogP contribution in [-0.4, -0.2) is 40.7 Å². The predicted octanol–water partition coefficient (Wildman–Crippen LogP) is 2.63. The molecule has 1 aromatic rings. The maximum absolute atomic E-state index is 12.4.